The van der Waals surface area contributed by atoms with Gasteiger partial charge < -0.3 is 0 Å². The number of hydrogen-bond acceptors (Lipinski definition) is 2. The van der Waals surface area contributed by atoms with Gasteiger partial charge in [-0.3, -0.25) is 5.01 Å². The number of hydrazone groups is 1. The highest BCUT2D eigenvalue weighted by atomic mass is 19.1. The van der Waals surface area contributed by atoms with Crippen LogP contribution >= 0.6 is 0 Å². The van der Waals surface area contributed by atoms with Crippen LogP contribution in [0, 0.1) is 30.5 Å². The molecule has 0 aliphatic heterocycles. The van der Waals surface area contributed by atoms with Crippen LogP contribution in [0.15, 0.2) is 29.4 Å². The summed E-state index contributed by atoms with van der Waals surface area (Å²) in [5.41, 5.74) is 0.595. The normalized spacial score (nSPS) is 9.82. The molecule has 0 saturated heterocycles. The molecule has 3 heteroatoms. The van der Waals surface area contributed by atoms with Crippen molar-refractivity contribution in [3.8, 4) is 24.7 Å². The predicted octanol–water partition coefficient (Wildman–Crippen LogP) is 1.92. The van der Waals surface area contributed by atoms with E-state index in [4.69, 9.17) is 12.8 Å². The lowest BCUT2D eigenvalue weighted by molar-refractivity contribution is 0.368. The van der Waals surface area contributed by atoms with Gasteiger partial charge in [-0.2, -0.15) is 5.10 Å². The van der Waals surface area contributed by atoms with Crippen LogP contribution in [-0.4, -0.2) is 24.3 Å². The molecule has 0 atom stereocenters. The fraction of sp³-hybridized carbons (Fsp3) is 0.214. The van der Waals surface area contributed by atoms with Crippen LogP contribution in [0.4, 0.5) is 4.39 Å². The number of benzene rings is 1. The van der Waals surface area contributed by atoms with E-state index in [1.54, 1.807) is 29.4 Å². The first-order valence-electron chi connectivity index (χ1n) is 5.15. The summed E-state index contributed by atoms with van der Waals surface area (Å²) in [5.74, 6) is 4.67. The predicted molar refractivity (Wildman–Crippen MR) is 67.8 cm³/mol. The molecule has 0 radical (unpaired) electrons. The average molecular weight is 228 g/mol. The lowest BCUT2D eigenvalue weighted by Crippen LogP contribution is -2.18. The van der Waals surface area contributed by atoms with Crippen molar-refractivity contribution in [2.75, 3.05) is 13.1 Å². The molecular formula is C14H13FN2. The summed E-state index contributed by atoms with van der Waals surface area (Å²) in [6.45, 7) is 0.690. The maximum atomic E-state index is 13.3. The smallest absolute Gasteiger partial charge is 0.126 e. The molecule has 86 valence electrons. The first-order valence-corrected chi connectivity index (χ1v) is 5.15. The topological polar surface area (TPSA) is 15.6 Å². The van der Waals surface area contributed by atoms with Gasteiger partial charge in [-0.05, 0) is 11.6 Å². The van der Waals surface area contributed by atoms with E-state index < -0.39 is 0 Å². The van der Waals surface area contributed by atoms with Crippen LogP contribution in [0.25, 0.3) is 0 Å². The Kier molecular flexibility index (Phi) is 5.34. The van der Waals surface area contributed by atoms with E-state index in [2.05, 4.69) is 16.9 Å². The molecule has 0 unspecified atom stereocenters. The van der Waals surface area contributed by atoms with Gasteiger partial charge in [0, 0.05) is 12.6 Å². The standard InChI is InChI=1S/C14H13FN2/c1-3-11-17(12-4-2)16-10-9-13-7-5-6-8-14(13)15/h1-2,5-8,10H,9,11-12H2/b16-10+. The molecule has 0 bridgehead atoms. The Morgan fingerprint density at radius 3 is 2.47 bits per heavy atom. The molecule has 1 rings (SSSR count). The SMILES string of the molecule is C#CCN(CC#C)/N=C/Cc1ccccc1F. The van der Waals surface area contributed by atoms with E-state index in [0.29, 0.717) is 25.1 Å². The average Bonchev–Trinajstić information content (AvgIpc) is 2.32. The van der Waals surface area contributed by atoms with Crippen molar-refractivity contribution in [2.24, 2.45) is 5.10 Å². The summed E-state index contributed by atoms with van der Waals surface area (Å²) in [6.07, 6.45) is 12.4. The molecule has 0 amide bonds. The molecule has 0 fully saturated rings. The Bertz CT molecular complexity index is 450. The minimum atomic E-state index is -0.237. The zero-order chi connectivity index (χ0) is 12.5. The van der Waals surface area contributed by atoms with Crippen LogP contribution in [0.3, 0.4) is 0 Å². The number of hydrogen-bond donors (Lipinski definition) is 0. The number of halogens is 1. The van der Waals surface area contributed by atoms with Crippen LogP contribution in [0.1, 0.15) is 5.56 Å². The maximum Gasteiger partial charge on any atom is 0.126 e. The van der Waals surface area contributed by atoms with Gasteiger partial charge >= 0.3 is 0 Å². The Morgan fingerprint density at radius 1 is 1.24 bits per heavy atom. The van der Waals surface area contributed by atoms with Crippen LogP contribution in [-0.2, 0) is 6.42 Å². The summed E-state index contributed by atoms with van der Waals surface area (Å²) in [5, 5.41) is 5.67. The van der Waals surface area contributed by atoms with Gasteiger partial charge in [0.25, 0.3) is 0 Å². The van der Waals surface area contributed by atoms with E-state index in [1.165, 1.54) is 6.07 Å². The molecule has 1 aromatic rings. The largest absolute Gasteiger partial charge is 0.273 e. The summed E-state index contributed by atoms with van der Waals surface area (Å²) >= 11 is 0. The lowest BCUT2D eigenvalue weighted by Gasteiger charge is -2.11. The molecule has 0 spiro atoms. The Balaban J connectivity index is 2.57. The molecular weight excluding hydrogens is 215 g/mol. The lowest BCUT2D eigenvalue weighted by atomic mass is 10.1. The molecule has 1 aromatic carbocycles. The molecule has 0 aliphatic carbocycles. The van der Waals surface area contributed by atoms with Crippen molar-refractivity contribution >= 4 is 6.21 Å². The number of terminal acetylenes is 2. The summed E-state index contributed by atoms with van der Waals surface area (Å²) < 4.78 is 13.3. The highest BCUT2D eigenvalue weighted by molar-refractivity contribution is 5.61. The molecule has 17 heavy (non-hydrogen) atoms. The second-order valence-corrected chi connectivity index (χ2v) is 3.32. The third-order valence-electron chi connectivity index (χ3n) is 2.06. The first kappa shape index (κ1) is 12.8. The quantitative estimate of drug-likeness (QED) is 0.427. The van der Waals surface area contributed by atoms with E-state index in [-0.39, 0.29) is 5.82 Å². The van der Waals surface area contributed by atoms with Gasteiger partial charge in [0.15, 0.2) is 0 Å². The molecule has 0 saturated carbocycles. The third-order valence-corrected chi connectivity index (χ3v) is 2.06. The highest BCUT2D eigenvalue weighted by Crippen LogP contribution is 2.05. The van der Waals surface area contributed by atoms with Gasteiger partial charge in [0.1, 0.15) is 5.82 Å². The van der Waals surface area contributed by atoms with Crippen molar-refractivity contribution in [3.63, 3.8) is 0 Å². The van der Waals surface area contributed by atoms with Crippen molar-refractivity contribution in [2.45, 2.75) is 6.42 Å². The van der Waals surface area contributed by atoms with E-state index >= 15 is 0 Å². The van der Waals surface area contributed by atoms with Gasteiger partial charge in [-0.15, -0.1) is 12.8 Å². The summed E-state index contributed by atoms with van der Waals surface area (Å²) in [4.78, 5) is 0. The fourth-order valence-electron chi connectivity index (χ4n) is 1.27. The summed E-state index contributed by atoms with van der Waals surface area (Å²) in [6, 6.07) is 6.57. The third kappa shape index (κ3) is 4.40. The van der Waals surface area contributed by atoms with Gasteiger partial charge in [-0.1, -0.05) is 30.0 Å². The Morgan fingerprint density at radius 2 is 1.88 bits per heavy atom. The zero-order valence-electron chi connectivity index (χ0n) is 9.44. The van der Waals surface area contributed by atoms with E-state index in [1.807, 2.05) is 0 Å². The Hall–Kier alpha value is -2.26. The fourth-order valence-corrected chi connectivity index (χ4v) is 1.27. The summed E-state index contributed by atoms with van der Waals surface area (Å²) in [7, 11) is 0. The number of rotatable bonds is 5. The van der Waals surface area contributed by atoms with Crippen molar-refractivity contribution in [1.82, 2.24) is 5.01 Å². The van der Waals surface area contributed by atoms with Gasteiger partial charge in [0.05, 0.1) is 13.1 Å². The molecule has 0 N–H and O–H groups in total. The van der Waals surface area contributed by atoms with Crippen LogP contribution in [0.2, 0.25) is 0 Å². The van der Waals surface area contributed by atoms with Crippen molar-refractivity contribution in [3.05, 3.63) is 35.6 Å². The van der Waals surface area contributed by atoms with Gasteiger partial charge in [0.2, 0.25) is 0 Å². The molecule has 2 nitrogen and oxygen atoms in total. The minimum Gasteiger partial charge on any atom is -0.273 e. The zero-order valence-corrected chi connectivity index (χ0v) is 9.44. The van der Waals surface area contributed by atoms with Crippen molar-refractivity contribution < 1.29 is 4.39 Å². The molecule has 0 heterocycles. The van der Waals surface area contributed by atoms with Crippen LogP contribution < -0.4 is 0 Å². The first-order chi connectivity index (χ1) is 8.27. The van der Waals surface area contributed by atoms with Crippen LogP contribution in [0.5, 0.6) is 0 Å². The van der Waals surface area contributed by atoms with E-state index in [0.717, 1.165) is 0 Å². The van der Waals surface area contributed by atoms with E-state index in [9.17, 15) is 4.39 Å². The minimum absolute atomic E-state index is 0.237. The molecule has 0 aliphatic rings. The Labute approximate surface area is 101 Å². The second kappa shape index (κ2) is 7.09. The van der Waals surface area contributed by atoms with Crippen molar-refractivity contribution in [1.29, 1.82) is 0 Å². The second-order valence-electron chi connectivity index (χ2n) is 3.32. The number of nitrogens with zero attached hydrogens (tertiary/aromatic N) is 2. The maximum absolute atomic E-state index is 13.3. The highest BCUT2D eigenvalue weighted by Gasteiger charge is 1.98. The van der Waals surface area contributed by atoms with Gasteiger partial charge in [-0.25, -0.2) is 4.39 Å². The monoisotopic (exact) mass is 228 g/mol. The molecule has 0 aromatic heterocycles.